The number of fused-ring (bicyclic) bond motifs is 1. The molecule has 3 aromatic heterocycles. The number of halogens is 1. The Kier molecular flexibility index (Phi) is 2.66. The van der Waals surface area contributed by atoms with E-state index in [1.807, 2.05) is 23.7 Å². The highest BCUT2D eigenvalue weighted by molar-refractivity contribution is 9.10. The molecule has 18 heavy (non-hydrogen) atoms. The molecule has 3 aromatic rings. The number of pyridine rings is 1. The normalized spacial score (nSPS) is 11.3. The maximum absolute atomic E-state index is 4.50. The molecular formula is C12H12BrN5. The van der Waals surface area contributed by atoms with Crippen LogP contribution < -0.4 is 0 Å². The number of rotatable bonds is 2. The lowest BCUT2D eigenvalue weighted by Crippen LogP contribution is -1.99. The minimum absolute atomic E-state index is 0.717. The van der Waals surface area contributed by atoms with E-state index in [0.717, 1.165) is 39.4 Å². The smallest absolute Gasteiger partial charge is 0.178 e. The first-order valence-corrected chi connectivity index (χ1v) is 6.52. The first kappa shape index (κ1) is 11.4. The number of hydrogen-bond donors (Lipinski definition) is 1. The van der Waals surface area contributed by atoms with E-state index in [4.69, 9.17) is 0 Å². The minimum Gasteiger partial charge on any atom is -0.335 e. The molecule has 0 aromatic carbocycles. The summed E-state index contributed by atoms with van der Waals surface area (Å²) in [5.74, 6) is 0.804. The number of aromatic nitrogens is 5. The predicted molar refractivity (Wildman–Crippen MR) is 73.2 cm³/mol. The van der Waals surface area contributed by atoms with Gasteiger partial charge in [0.15, 0.2) is 11.5 Å². The van der Waals surface area contributed by atoms with Crippen molar-refractivity contribution in [2.24, 2.45) is 0 Å². The molecule has 0 spiro atoms. The Hall–Kier alpha value is -1.69. The summed E-state index contributed by atoms with van der Waals surface area (Å²) < 4.78 is 2.87. The molecule has 0 unspecified atom stereocenters. The number of hydrogen-bond acceptors (Lipinski definition) is 3. The number of H-pyrrole nitrogens is 1. The quantitative estimate of drug-likeness (QED) is 0.792. The van der Waals surface area contributed by atoms with Crippen molar-refractivity contribution in [3.63, 3.8) is 0 Å². The molecule has 0 amide bonds. The van der Waals surface area contributed by atoms with Gasteiger partial charge in [-0.15, -0.1) is 0 Å². The number of imidazole rings is 1. The summed E-state index contributed by atoms with van der Waals surface area (Å²) in [5, 5.41) is 4.42. The second-order valence-electron chi connectivity index (χ2n) is 4.10. The van der Waals surface area contributed by atoms with Gasteiger partial charge in [-0.3, -0.25) is 4.68 Å². The van der Waals surface area contributed by atoms with Crippen LogP contribution in [-0.2, 0) is 6.54 Å². The van der Waals surface area contributed by atoms with Crippen LogP contribution in [0.25, 0.3) is 22.7 Å². The largest absolute Gasteiger partial charge is 0.335 e. The summed E-state index contributed by atoms with van der Waals surface area (Å²) in [6.07, 6.45) is 1.75. The van der Waals surface area contributed by atoms with E-state index in [0.29, 0.717) is 0 Å². The Morgan fingerprint density at radius 2 is 2.22 bits per heavy atom. The highest BCUT2D eigenvalue weighted by atomic mass is 79.9. The third-order valence-electron chi connectivity index (χ3n) is 2.75. The van der Waals surface area contributed by atoms with Gasteiger partial charge < -0.3 is 4.98 Å². The van der Waals surface area contributed by atoms with Crippen molar-refractivity contribution < 1.29 is 0 Å². The van der Waals surface area contributed by atoms with Crippen molar-refractivity contribution in [3.05, 3.63) is 28.5 Å². The SMILES string of the molecule is CCn1nc(C)cc1-c1nc2ncc(Br)cc2[nH]1. The van der Waals surface area contributed by atoms with E-state index < -0.39 is 0 Å². The molecule has 0 saturated heterocycles. The van der Waals surface area contributed by atoms with Crippen LogP contribution >= 0.6 is 15.9 Å². The topological polar surface area (TPSA) is 59.4 Å². The van der Waals surface area contributed by atoms with Crippen LogP contribution in [0.3, 0.4) is 0 Å². The third-order valence-corrected chi connectivity index (χ3v) is 3.18. The van der Waals surface area contributed by atoms with Crippen molar-refractivity contribution >= 4 is 27.1 Å². The first-order valence-electron chi connectivity index (χ1n) is 5.73. The van der Waals surface area contributed by atoms with Gasteiger partial charge in [0, 0.05) is 17.2 Å². The molecule has 0 aliphatic heterocycles. The number of nitrogens with one attached hydrogen (secondary N) is 1. The molecule has 0 radical (unpaired) electrons. The molecule has 0 bridgehead atoms. The van der Waals surface area contributed by atoms with Crippen molar-refractivity contribution in [1.82, 2.24) is 24.7 Å². The van der Waals surface area contributed by atoms with E-state index in [2.05, 4.69) is 42.9 Å². The summed E-state index contributed by atoms with van der Waals surface area (Å²) in [5.41, 5.74) is 3.61. The lowest BCUT2D eigenvalue weighted by atomic mass is 10.3. The zero-order chi connectivity index (χ0) is 12.7. The van der Waals surface area contributed by atoms with Gasteiger partial charge in [-0.1, -0.05) is 0 Å². The molecule has 0 atom stereocenters. The summed E-state index contributed by atoms with van der Waals surface area (Å²) in [4.78, 5) is 12.0. The summed E-state index contributed by atoms with van der Waals surface area (Å²) in [7, 11) is 0. The summed E-state index contributed by atoms with van der Waals surface area (Å²) in [6.45, 7) is 4.86. The average Bonchev–Trinajstić information content (AvgIpc) is 2.91. The number of nitrogens with zero attached hydrogens (tertiary/aromatic N) is 4. The monoisotopic (exact) mass is 305 g/mol. The van der Waals surface area contributed by atoms with Gasteiger partial charge >= 0.3 is 0 Å². The Balaban J connectivity index is 2.18. The maximum atomic E-state index is 4.50. The predicted octanol–water partition coefficient (Wildman–Crippen LogP) is 2.91. The molecule has 6 heteroatoms. The summed E-state index contributed by atoms with van der Waals surface area (Å²) in [6, 6.07) is 3.99. The van der Waals surface area contributed by atoms with E-state index in [9.17, 15) is 0 Å². The van der Waals surface area contributed by atoms with Gasteiger partial charge in [-0.2, -0.15) is 5.10 Å². The standard InChI is InChI=1S/C12H12BrN5/c1-3-18-10(4-7(2)17-18)12-15-9-5-8(13)6-14-11(9)16-12/h4-6H,3H2,1-2H3,(H,14,15,16). The Labute approximate surface area is 112 Å². The van der Waals surface area contributed by atoms with Gasteiger partial charge in [-0.05, 0) is 41.9 Å². The van der Waals surface area contributed by atoms with E-state index in [1.54, 1.807) is 6.20 Å². The molecular weight excluding hydrogens is 294 g/mol. The maximum Gasteiger partial charge on any atom is 0.178 e. The fourth-order valence-corrected chi connectivity index (χ4v) is 2.30. The summed E-state index contributed by atoms with van der Waals surface area (Å²) >= 11 is 3.40. The van der Waals surface area contributed by atoms with Crippen LogP contribution in [0.4, 0.5) is 0 Å². The molecule has 0 aliphatic rings. The molecule has 0 saturated carbocycles. The van der Waals surface area contributed by atoms with Crippen LogP contribution in [0, 0.1) is 6.92 Å². The zero-order valence-corrected chi connectivity index (χ0v) is 11.7. The van der Waals surface area contributed by atoms with Crippen LogP contribution in [-0.4, -0.2) is 24.7 Å². The van der Waals surface area contributed by atoms with E-state index >= 15 is 0 Å². The average molecular weight is 306 g/mol. The fraction of sp³-hybridized carbons (Fsp3) is 0.250. The lowest BCUT2D eigenvalue weighted by Gasteiger charge is -1.99. The first-order chi connectivity index (χ1) is 8.67. The molecule has 0 aliphatic carbocycles. The Bertz CT molecular complexity index is 712. The Morgan fingerprint density at radius 3 is 3.00 bits per heavy atom. The van der Waals surface area contributed by atoms with Gasteiger partial charge in [0.1, 0.15) is 5.69 Å². The van der Waals surface area contributed by atoms with Crippen molar-refractivity contribution in [2.75, 3.05) is 0 Å². The van der Waals surface area contributed by atoms with E-state index in [1.165, 1.54) is 0 Å². The van der Waals surface area contributed by atoms with Gasteiger partial charge in [0.2, 0.25) is 0 Å². The minimum atomic E-state index is 0.717. The zero-order valence-electron chi connectivity index (χ0n) is 10.1. The lowest BCUT2D eigenvalue weighted by molar-refractivity contribution is 0.658. The van der Waals surface area contributed by atoms with Gasteiger partial charge in [0.05, 0.1) is 11.2 Å². The van der Waals surface area contributed by atoms with Crippen LogP contribution in [0.1, 0.15) is 12.6 Å². The highest BCUT2D eigenvalue weighted by Gasteiger charge is 2.12. The molecule has 5 nitrogen and oxygen atoms in total. The van der Waals surface area contributed by atoms with Crippen LogP contribution in [0.15, 0.2) is 22.8 Å². The second-order valence-corrected chi connectivity index (χ2v) is 5.01. The number of aryl methyl sites for hydroxylation is 2. The fourth-order valence-electron chi connectivity index (χ4n) is 1.97. The third kappa shape index (κ3) is 1.82. The van der Waals surface area contributed by atoms with Crippen molar-refractivity contribution in [2.45, 2.75) is 20.4 Å². The van der Waals surface area contributed by atoms with Gasteiger partial charge in [-0.25, -0.2) is 9.97 Å². The molecule has 3 heterocycles. The molecule has 92 valence electrons. The molecule has 0 fully saturated rings. The van der Waals surface area contributed by atoms with E-state index in [-0.39, 0.29) is 0 Å². The van der Waals surface area contributed by atoms with Crippen LogP contribution in [0.5, 0.6) is 0 Å². The van der Waals surface area contributed by atoms with Crippen LogP contribution in [0.2, 0.25) is 0 Å². The van der Waals surface area contributed by atoms with Crippen molar-refractivity contribution in [3.8, 4) is 11.5 Å². The highest BCUT2D eigenvalue weighted by Crippen LogP contribution is 2.22. The molecule has 3 rings (SSSR count). The second kappa shape index (κ2) is 4.20. The van der Waals surface area contributed by atoms with Gasteiger partial charge in [0.25, 0.3) is 0 Å². The Morgan fingerprint density at radius 1 is 1.39 bits per heavy atom. The number of aromatic amines is 1. The molecule has 1 N–H and O–H groups in total. The van der Waals surface area contributed by atoms with Crippen molar-refractivity contribution in [1.29, 1.82) is 0 Å².